The van der Waals surface area contributed by atoms with E-state index in [-0.39, 0.29) is 6.04 Å². The Labute approximate surface area is 85.2 Å². The largest absolute Gasteiger partial charge is 0.497 e. The number of hydrogen-bond donors (Lipinski definition) is 2. The second-order valence-electron chi connectivity index (χ2n) is 3.35. The van der Waals surface area contributed by atoms with Gasteiger partial charge in [0.2, 0.25) is 0 Å². The first-order valence-electron chi connectivity index (χ1n) is 4.83. The van der Waals surface area contributed by atoms with Crippen molar-refractivity contribution in [1.29, 1.82) is 0 Å². The summed E-state index contributed by atoms with van der Waals surface area (Å²) in [5, 5.41) is 0. The van der Waals surface area contributed by atoms with E-state index < -0.39 is 0 Å². The number of benzene rings is 1. The highest BCUT2D eigenvalue weighted by molar-refractivity contribution is 5.36. The van der Waals surface area contributed by atoms with E-state index in [4.69, 9.17) is 10.6 Å². The van der Waals surface area contributed by atoms with Crippen molar-refractivity contribution in [1.82, 2.24) is 5.43 Å². The molecule has 0 bridgehead atoms. The molecule has 0 aromatic heterocycles. The monoisotopic (exact) mass is 194 g/mol. The third-order valence-electron chi connectivity index (χ3n) is 2.46. The lowest BCUT2D eigenvalue weighted by atomic mass is 10.00. The normalized spacial score (nSPS) is 12.6. The minimum Gasteiger partial charge on any atom is -0.497 e. The molecule has 1 rings (SSSR count). The number of rotatable bonds is 4. The predicted molar refractivity (Wildman–Crippen MR) is 58.1 cm³/mol. The van der Waals surface area contributed by atoms with Crippen molar-refractivity contribution in [3.8, 4) is 5.75 Å². The predicted octanol–water partition coefficient (Wildman–Crippen LogP) is 1.92. The van der Waals surface area contributed by atoms with Crippen LogP contribution in [-0.2, 0) is 0 Å². The highest BCUT2D eigenvalue weighted by atomic mass is 16.5. The van der Waals surface area contributed by atoms with Crippen LogP contribution in [-0.4, -0.2) is 7.11 Å². The molecule has 0 saturated heterocycles. The quantitative estimate of drug-likeness (QED) is 0.568. The molecule has 0 aliphatic rings. The highest BCUT2D eigenvalue weighted by Crippen LogP contribution is 2.23. The Bertz CT molecular complexity index is 295. The minimum atomic E-state index is 0.223. The molecule has 0 amide bonds. The van der Waals surface area contributed by atoms with Gasteiger partial charge in [-0.25, -0.2) is 0 Å². The summed E-state index contributed by atoms with van der Waals surface area (Å²) in [7, 11) is 1.67. The molecule has 1 aromatic rings. The van der Waals surface area contributed by atoms with Crippen molar-refractivity contribution >= 4 is 0 Å². The number of hydrogen-bond acceptors (Lipinski definition) is 3. The first-order chi connectivity index (χ1) is 6.72. The van der Waals surface area contributed by atoms with E-state index in [1.807, 2.05) is 12.1 Å². The topological polar surface area (TPSA) is 47.3 Å². The van der Waals surface area contributed by atoms with Gasteiger partial charge in [-0.2, -0.15) is 0 Å². The van der Waals surface area contributed by atoms with Gasteiger partial charge < -0.3 is 4.74 Å². The number of nitrogens with one attached hydrogen (secondary N) is 1. The lowest BCUT2D eigenvalue weighted by molar-refractivity contribution is 0.413. The molecule has 1 unspecified atom stereocenters. The fourth-order valence-electron chi connectivity index (χ4n) is 1.59. The smallest absolute Gasteiger partial charge is 0.119 e. The summed E-state index contributed by atoms with van der Waals surface area (Å²) in [4.78, 5) is 0. The van der Waals surface area contributed by atoms with Gasteiger partial charge in [-0.15, -0.1) is 0 Å². The summed E-state index contributed by atoms with van der Waals surface area (Å²) in [6, 6.07) is 6.26. The van der Waals surface area contributed by atoms with Crippen LogP contribution >= 0.6 is 0 Å². The fourth-order valence-corrected chi connectivity index (χ4v) is 1.59. The first kappa shape index (κ1) is 11.0. The summed E-state index contributed by atoms with van der Waals surface area (Å²) in [5.41, 5.74) is 5.24. The van der Waals surface area contributed by atoms with Crippen molar-refractivity contribution < 1.29 is 4.74 Å². The molecule has 0 heterocycles. The number of nitrogens with two attached hydrogens (primary N) is 1. The molecule has 1 aromatic carbocycles. The first-order valence-corrected chi connectivity index (χ1v) is 4.83. The second kappa shape index (κ2) is 4.98. The molecule has 3 heteroatoms. The fraction of sp³-hybridized carbons (Fsp3) is 0.455. The molecule has 0 fully saturated rings. The van der Waals surface area contributed by atoms with Gasteiger partial charge in [0.15, 0.2) is 0 Å². The Morgan fingerprint density at radius 1 is 1.50 bits per heavy atom. The molecule has 0 saturated carbocycles. The van der Waals surface area contributed by atoms with Crippen LogP contribution < -0.4 is 16.0 Å². The van der Waals surface area contributed by atoms with Gasteiger partial charge >= 0.3 is 0 Å². The van der Waals surface area contributed by atoms with Gasteiger partial charge in [-0.3, -0.25) is 11.3 Å². The van der Waals surface area contributed by atoms with Crippen molar-refractivity contribution in [2.24, 2.45) is 5.84 Å². The van der Waals surface area contributed by atoms with Gasteiger partial charge in [0, 0.05) is 6.04 Å². The Kier molecular flexibility index (Phi) is 3.92. The standard InChI is InChI=1S/C11H18N2O/c1-4-11(13-12)10-6-5-9(14-3)7-8(10)2/h5-7,11,13H,4,12H2,1-3H3. The summed E-state index contributed by atoms with van der Waals surface area (Å²) in [6.07, 6.45) is 0.976. The average Bonchev–Trinajstić information content (AvgIpc) is 2.22. The molecular weight excluding hydrogens is 176 g/mol. The maximum absolute atomic E-state index is 5.47. The molecule has 0 radical (unpaired) electrons. The number of methoxy groups -OCH3 is 1. The van der Waals surface area contributed by atoms with Crippen LogP contribution in [0.4, 0.5) is 0 Å². The molecule has 1 atom stereocenters. The van der Waals surface area contributed by atoms with Crippen molar-refractivity contribution in [3.05, 3.63) is 29.3 Å². The maximum Gasteiger partial charge on any atom is 0.119 e. The molecular formula is C11H18N2O. The van der Waals surface area contributed by atoms with Crippen LogP contribution in [0.2, 0.25) is 0 Å². The summed E-state index contributed by atoms with van der Waals surface area (Å²) in [6.45, 7) is 4.17. The number of hydrazine groups is 1. The van der Waals surface area contributed by atoms with Gasteiger partial charge in [0.1, 0.15) is 5.75 Å². The van der Waals surface area contributed by atoms with Gasteiger partial charge in [-0.05, 0) is 36.6 Å². The van der Waals surface area contributed by atoms with E-state index in [0.29, 0.717) is 0 Å². The second-order valence-corrected chi connectivity index (χ2v) is 3.35. The van der Waals surface area contributed by atoms with Gasteiger partial charge in [-0.1, -0.05) is 13.0 Å². The van der Waals surface area contributed by atoms with Gasteiger partial charge in [0.05, 0.1) is 7.11 Å². The zero-order valence-corrected chi connectivity index (χ0v) is 9.00. The van der Waals surface area contributed by atoms with Crippen molar-refractivity contribution in [2.75, 3.05) is 7.11 Å². The Hall–Kier alpha value is -1.06. The Balaban J connectivity index is 2.98. The minimum absolute atomic E-state index is 0.223. The summed E-state index contributed by atoms with van der Waals surface area (Å²) >= 11 is 0. The third-order valence-corrected chi connectivity index (χ3v) is 2.46. The van der Waals surface area contributed by atoms with Crippen LogP contribution in [0.5, 0.6) is 5.75 Å². The molecule has 14 heavy (non-hydrogen) atoms. The van der Waals surface area contributed by atoms with E-state index in [2.05, 4.69) is 25.3 Å². The Morgan fingerprint density at radius 3 is 2.64 bits per heavy atom. The number of ether oxygens (including phenoxy) is 1. The van der Waals surface area contributed by atoms with Gasteiger partial charge in [0.25, 0.3) is 0 Å². The molecule has 3 nitrogen and oxygen atoms in total. The molecule has 0 spiro atoms. The molecule has 0 aliphatic carbocycles. The average molecular weight is 194 g/mol. The lowest BCUT2D eigenvalue weighted by Gasteiger charge is -2.17. The van der Waals surface area contributed by atoms with E-state index in [9.17, 15) is 0 Å². The third kappa shape index (κ3) is 2.25. The molecule has 3 N–H and O–H groups in total. The summed E-state index contributed by atoms with van der Waals surface area (Å²) < 4.78 is 5.15. The van der Waals surface area contributed by atoms with Crippen LogP contribution in [0.3, 0.4) is 0 Å². The lowest BCUT2D eigenvalue weighted by Crippen LogP contribution is -2.27. The molecule has 78 valence electrons. The maximum atomic E-state index is 5.47. The van der Waals surface area contributed by atoms with E-state index in [1.54, 1.807) is 7.11 Å². The summed E-state index contributed by atoms with van der Waals surface area (Å²) in [5.74, 6) is 6.36. The van der Waals surface area contributed by atoms with E-state index in [0.717, 1.165) is 12.2 Å². The van der Waals surface area contributed by atoms with Crippen LogP contribution in [0.1, 0.15) is 30.5 Å². The number of aryl methyl sites for hydroxylation is 1. The van der Waals surface area contributed by atoms with Crippen LogP contribution in [0, 0.1) is 6.92 Å². The van der Waals surface area contributed by atoms with Crippen molar-refractivity contribution in [3.63, 3.8) is 0 Å². The van der Waals surface area contributed by atoms with Crippen LogP contribution in [0.25, 0.3) is 0 Å². The zero-order valence-electron chi connectivity index (χ0n) is 9.00. The molecule has 0 aliphatic heterocycles. The van der Waals surface area contributed by atoms with E-state index >= 15 is 0 Å². The Morgan fingerprint density at radius 2 is 2.21 bits per heavy atom. The van der Waals surface area contributed by atoms with Crippen molar-refractivity contribution in [2.45, 2.75) is 26.3 Å². The van der Waals surface area contributed by atoms with E-state index in [1.165, 1.54) is 11.1 Å². The van der Waals surface area contributed by atoms with Crippen LogP contribution in [0.15, 0.2) is 18.2 Å². The highest BCUT2D eigenvalue weighted by Gasteiger charge is 2.09. The SMILES string of the molecule is CCC(NN)c1ccc(OC)cc1C. The zero-order chi connectivity index (χ0) is 10.6.